The molecule has 0 spiro atoms. The molecule has 0 saturated heterocycles. The Morgan fingerprint density at radius 1 is 0.857 bits per heavy atom. The second-order valence-electron chi connectivity index (χ2n) is 6.56. The molecule has 0 fully saturated rings. The number of anilines is 1. The Balaban J connectivity index is 1.43. The molecule has 1 aliphatic rings. The van der Waals surface area contributed by atoms with E-state index in [4.69, 9.17) is 0 Å². The van der Waals surface area contributed by atoms with Gasteiger partial charge in [-0.1, -0.05) is 65.9 Å². The Morgan fingerprint density at radius 3 is 2.43 bits per heavy atom. The molecule has 0 saturated carbocycles. The molecule has 0 radical (unpaired) electrons. The van der Waals surface area contributed by atoms with E-state index in [-0.39, 0.29) is 5.91 Å². The van der Waals surface area contributed by atoms with Gasteiger partial charge in [-0.15, -0.1) is 5.10 Å². The summed E-state index contributed by atoms with van der Waals surface area (Å²) in [5.74, 6) is -0.0731. The molecule has 28 heavy (non-hydrogen) atoms. The van der Waals surface area contributed by atoms with Gasteiger partial charge < -0.3 is 5.32 Å². The molecule has 0 bridgehead atoms. The minimum absolute atomic E-state index is 0.0731. The average Bonchev–Trinajstić information content (AvgIpc) is 3.35. The molecular formula is C23H16N4O. The maximum Gasteiger partial charge on any atom is 0.256 e. The van der Waals surface area contributed by atoms with Gasteiger partial charge in [0.2, 0.25) is 0 Å². The molecule has 1 N–H and O–H groups in total. The second kappa shape index (κ2) is 6.63. The fourth-order valence-corrected chi connectivity index (χ4v) is 3.30. The number of nitrogens with one attached hydrogen (secondary N) is 1. The summed E-state index contributed by atoms with van der Waals surface area (Å²) in [6, 6.07) is 25.5. The van der Waals surface area contributed by atoms with Gasteiger partial charge in [-0.2, -0.15) is 0 Å². The predicted octanol–water partition coefficient (Wildman–Crippen LogP) is 4.43. The fraction of sp³-hybridized carbons (Fsp3) is 0. The molecule has 0 atom stereocenters. The SMILES string of the molecule is O=C1Nc2ccccc2/C1=C/c1ccc(-c2cn(-c3ccccc3)nn2)cc1. The maximum atomic E-state index is 12.3. The Kier molecular flexibility index (Phi) is 3.84. The van der Waals surface area contributed by atoms with Crippen molar-refractivity contribution < 1.29 is 4.79 Å². The quantitative estimate of drug-likeness (QED) is 0.547. The monoisotopic (exact) mass is 364 g/mol. The molecular weight excluding hydrogens is 348 g/mol. The summed E-state index contributed by atoms with van der Waals surface area (Å²) < 4.78 is 1.75. The Bertz CT molecular complexity index is 1190. The number of aromatic nitrogens is 3. The number of amides is 1. The molecule has 4 aromatic rings. The van der Waals surface area contributed by atoms with E-state index in [1.54, 1.807) is 4.68 Å². The minimum atomic E-state index is -0.0731. The zero-order valence-corrected chi connectivity index (χ0v) is 14.9. The third-order valence-electron chi connectivity index (χ3n) is 4.74. The van der Waals surface area contributed by atoms with Crippen LogP contribution in [0.25, 0.3) is 28.6 Å². The third kappa shape index (κ3) is 2.89. The first kappa shape index (κ1) is 16.2. The molecule has 134 valence electrons. The van der Waals surface area contributed by atoms with E-state index < -0.39 is 0 Å². The van der Waals surface area contributed by atoms with Crippen LogP contribution in [-0.4, -0.2) is 20.9 Å². The number of nitrogens with zero attached hydrogens (tertiary/aromatic N) is 3. The first-order valence-electron chi connectivity index (χ1n) is 8.98. The van der Waals surface area contributed by atoms with Gasteiger partial charge in [0.15, 0.2) is 0 Å². The lowest BCUT2D eigenvalue weighted by Gasteiger charge is -2.00. The van der Waals surface area contributed by atoms with Gasteiger partial charge in [0.25, 0.3) is 5.91 Å². The van der Waals surface area contributed by atoms with Gasteiger partial charge in [0, 0.05) is 22.4 Å². The van der Waals surface area contributed by atoms with E-state index in [0.717, 1.165) is 33.8 Å². The largest absolute Gasteiger partial charge is 0.321 e. The second-order valence-corrected chi connectivity index (χ2v) is 6.56. The van der Waals surface area contributed by atoms with Crippen molar-refractivity contribution in [2.45, 2.75) is 0 Å². The summed E-state index contributed by atoms with van der Waals surface area (Å²) in [6.45, 7) is 0. The van der Waals surface area contributed by atoms with Gasteiger partial charge in [0.05, 0.1) is 11.9 Å². The van der Waals surface area contributed by atoms with Crippen LogP contribution < -0.4 is 5.32 Å². The smallest absolute Gasteiger partial charge is 0.256 e. The van der Waals surface area contributed by atoms with Gasteiger partial charge in [-0.05, 0) is 29.8 Å². The van der Waals surface area contributed by atoms with Crippen molar-refractivity contribution in [1.29, 1.82) is 0 Å². The van der Waals surface area contributed by atoms with Crippen molar-refractivity contribution in [3.05, 3.63) is 96.2 Å². The molecule has 5 nitrogen and oxygen atoms in total. The number of carbonyl (C=O) groups excluding carboxylic acids is 1. The van der Waals surface area contributed by atoms with Crippen LogP contribution in [0.1, 0.15) is 11.1 Å². The maximum absolute atomic E-state index is 12.3. The number of carbonyl (C=O) groups is 1. The van der Waals surface area contributed by atoms with Crippen molar-refractivity contribution in [3.8, 4) is 16.9 Å². The fourth-order valence-electron chi connectivity index (χ4n) is 3.30. The standard InChI is InChI=1S/C23H16N4O/c28-23-20(19-8-4-5-9-21(19)24-23)14-16-10-12-17(13-11-16)22-15-27(26-25-22)18-6-2-1-3-7-18/h1-15H,(H,24,28)/b20-14-. The van der Waals surface area contributed by atoms with Crippen molar-refractivity contribution in [1.82, 2.24) is 15.0 Å². The van der Waals surface area contributed by atoms with Crippen LogP contribution in [0, 0.1) is 0 Å². The lowest BCUT2D eigenvalue weighted by Crippen LogP contribution is -2.03. The molecule has 5 heteroatoms. The van der Waals surface area contributed by atoms with Crippen LogP contribution in [0.4, 0.5) is 5.69 Å². The molecule has 1 aromatic heterocycles. The first-order valence-corrected chi connectivity index (χ1v) is 8.98. The topological polar surface area (TPSA) is 59.8 Å². The van der Waals surface area contributed by atoms with Crippen LogP contribution in [0.3, 0.4) is 0 Å². The van der Waals surface area contributed by atoms with Crippen LogP contribution in [-0.2, 0) is 4.79 Å². The van der Waals surface area contributed by atoms with E-state index in [1.807, 2.05) is 91.1 Å². The highest BCUT2D eigenvalue weighted by molar-refractivity contribution is 6.34. The van der Waals surface area contributed by atoms with Crippen molar-refractivity contribution >= 4 is 23.2 Å². The predicted molar refractivity (Wildman–Crippen MR) is 110 cm³/mol. The van der Waals surface area contributed by atoms with E-state index in [2.05, 4.69) is 15.6 Å². The van der Waals surface area contributed by atoms with Crippen molar-refractivity contribution in [2.24, 2.45) is 0 Å². The summed E-state index contributed by atoms with van der Waals surface area (Å²) in [5, 5.41) is 11.4. The summed E-state index contributed by atoms with van der Waals surface area (Å²) in [4.78, 5) is 12.3. The van der Waals surface area contributed by atoms with E-state index >= 15 is 0 Å². The molecule has 0 unspecified atom stereocenters. The number of fused-ring (bicyclic) bond motifs is 1. The third-order valence-corrected chi connectivity index (χ3v) is 4.74. The molecule has 0 aliphatic carbocycles. The summed E-state index contributed by atoms with van der Waals surface area (Å²) >= 11 is 0. The molecule has 5 rings (SSSR count). The molecule has 1 amide bonds. The zero-order chi connectivity index (χ0) is 18.9. The Hall–Kier alpha value is -3.99. The summed E-state index contributed by atoms with van der Waals surface area (Å²) in [7, 11) is 0. The van der Waals surface area contributed by atoms with Crippen molar-refractivity contribution in [3.63, 3.8) is 0 Å². The Morgan fingerprint density at radius 2 is 1.61 bits per heavy atom. The Labute approximate surface area is 162 Å². The molecule has 3 aromatic carbocycles. The number of hydrogen-bond acceptors (Lipinski definition) is 3. The normalized spacial score (nSPS) is 14.1. The minimum Gasteiger partial charge on any atom is -0.321 e. The average molecular weight is 364 g/mol. The van der Waals surface area contributed by atoms with Crippen molar-refractivity contribution in [2.75, 3.05) is 5.32 Å². The van der Waals surface area contributed by atoms with Crippen LogP contribution >= 0.6 is 0 Å². The zero-order valence-electron chi connectivity index (χ0n) is 14.9. The van der Waals surface area contributed by atoms with Gasteiger partial charge in [-0.25, -0.2) is 4.68 Å². The van der Waals surface area contributed by atoms with Gasteiger partial charge in [0.1, 0.15) is 5.69 Å². The highest BCUT2D eigenvalue weighted by atomic mass is 16.2. The van der Waals surface area contributed by atoms with E-state index in [1.165, 1.54) is 0 Å². The molecule has 2 heterocycles. The number of hydrogen-bond donors (Lipinski definition) is 1. The molecule has 1 aliphatic heterocycles. The highest BCUT2D eigenvalue weighted by Crippen LogP contribution is 2.32. The van der Waals surface area contributed by atoms with E-state index in [0.29, 0.717) is 5.57 Å². The summed E-state index contributed by atoms with van der Waals surface area (Å²) in [5.41, 5.74) is 6.16. The van der Waals surface area contributed by atoms with Crippen LogP contribution in [0.15, 0.2) is 85.1 Å². The van der Waals surface area contributed by atoms with Crippen LogP contribution in [0.5, 0.6) is 0 Å². The van der Waals surface area contributed by atoms with Gasteiger partial charge in [-0.3, -0.25) is 4.79 Å². The number of benzene rings is 3. The highest BCUT2D eigenvalue weighted by Gasteiger charge is 2.23. The number of rotatable bonds is 3. The van der Waals surface area contributed by atoms with E-state index in [9.17, 15) is 4.79 Å². The lowest BCUT2D eigenvalue weighted by molar-refractivity contribution is -0.110. The summed E-state index contributed by atoms with van der Waals surface area (Å²) in [6.07, 6.45) is 3.81. The van der Waals surface area contributed by atoms with Gasteiger partial charge >= 0.3 is 0 Å². The number of para-hydroxylation sites is 2. The van der Waals surface area contributed by atoms with Crippen LogP contribution in [0.2, 0.25) is 0 Å². The first-order chi connectivity index (χ1) is 13.8. The lowest BCUT2D eigenvalue weighted by atomic mass is 10.0.